The molecule has 0 atom stereocenters. The molecule has 3 aromatic rings. The van der Waals surface area contributed by atoms with Gasteiger partial charge in [-0.05, 0) is 49.6 Å². The molecule has 0 radical (unpaired) electrons. The molecule has 2 aromatic heterocycles. The average molecular weight is 335 g/mol. The topological polar surface area (TPSA) is 46.1 Å². The molecule has 5 heteroatoms. The Bertz CT molecular complexity index is 933. The second-order valence-electron chi connectivity index (χ2n) is 6.50. The summed E-state index contributed by atoms with van der Waals surface area (Å²) in [6.45, 7) is 2.35. The zero-order valence-electron chi connectivity index (χ0n) is 13.9. The third-order valence-electron chi connectivity index (χ3n) is 4.45. The fourth-order valence-electron chi connectivity index (χ4n) is 3.11. The molecule has 4 nitrogen and oxygen atoms in total. The molecule has 1 aromatic carbocycles. The van der Waals surface area contributed by atoms with E-state index in [0.717, 1.165) is 18.4 Å². The normalized spacial score (nSPS) is 13.8. The van der Waals surface area contributed by atoms with E-state index in [0.29, 0.717) is 28.7 Å². The molecule has 25 heavy (non-hydrogen) atoms. The Kier molecular flexibility index (Phi) is 3.92. The van der Waals surface area contributed by atoms with Crippen LogP contribution in [0, 0.1) is 12.7 Å². The molecular weight excluding hydrogens is 317 g/mol. The van der Waals surface area contributed by atoms with E-state index < -0.39 is 0 Å². The summed E-state index contributed by atoms with van der Waals surface area (Å²) in [4.78, 5) is 23.7. The zero-order chi connectivity index (χ0) is 17.4. The van der Waals surface area contributed by atoms with Crippen LogP contribution in [0.4, 0.5) is 4.39 Å². The highest BCUT2D eigenvalue weighted by atomic mass is 19.1. The van der Waals surface area contributed by atoms with E-state index in [9.17, 15) is 9.18 Å². The first-order valence-corrected chi connectivity index (χ1v) is 8.38. The van der Waals surface area contributed by atoms with Gasteiger partial charge in [-0.1, -0.05) is 6.07 Å². The number of hydrogen-bond acceptors (Lipinski definition) is 3. The van der Waals surface area contributed by atoms with Crippen molar-refractivity contribution in [2.75, 3.05) is 0 Å². The molecule has 0 bridgehead atoms. The van der Waals surface area contributed by atoms with E-state index in [1.165, 1.54) is 12.1 Å². The molecule has 0 spiro atoms. The summed E-state index contributed by atoms with van der Waals surface area (Å²) in [5.41, 5.74) is 2.81. The van der Waals surface area contributed by atoms with Gasteiger partial charge in [-0.15, -0.1) is 0 Å². The SMILES string of the molecule is Cc1cc(C(=O)N(Cc2cccnc2)C2CC2)c2ccc(F)cc2n1. The highest BCUT2D eigenvalue weighted by molar-refractivity contribution is 6.06. The van der Waals surface area contributed by atoms with E-state index in [4.69, 9.17) is 0 Å². The van der Waals surface area contributed by atoms with E-state index in [1.54, 1.807) is 24.5 Å². The largest absolute Gasteiger partial charge is 0.331 e. The summed E-state index contributed by atoms with van der Waals surface area (Å²) >= 11 is 0. The maximum atomic E-state index is 13.5. The maximum absolute atomic E-state index is 13.5. The van der Waals surface area contributed by atoms with Gasteiger partial charge < -0.3 is 4.90 Å². The molecule has 2 heterocycles. The molecule has 1 aliphatic rings. The third-order valence-corrected chi connectivity index (χ3v) is 4.45. The maximum Gasteiger partial charge on any atom is 0.255 e. The van der Waals surface area contributed by atoms with Gasteiger partial charge in [0.15, 0.2) is 0 Å². The number of aromatic nitrogens is 2. The van der Waals surface area contributed by atoms with Crippen molar-refractivity contribution in [3.8, 4) is 0 Å². The first-order chi connectivity index (χ1) is 12.1. The fraction of sp³-hybridized carbons (Fsp3) is 0.250. The number of hydrogen-bond donors (Lipinski definition) is 0. The highest BCUT2D eigenvalue weighted by Crippen LogP contribution is 2.31. The molecule has 1 aliphatic carbocycles. The van der Waals surface area contributed by atoms with Crippen LogP contribution in [0.3, 0.4) is 0 Å². The van der Waals surface area contributed by atoms with E-state index >= 15 is 0 Å². The van der Waals surface area contributed by atoms with E-state index in [2.05, 4.69) is 9.97 Å². The van der Waals surface area contributed by atoms with Crippen LogP contribution >= 0.6 is 0 Å². The Labute approximate surface area is 145 Å². The minimum absolute atomic E-state index is 0.0338. The number of pyridine rings is 2. The Morgan fingerprint density at radius 3 is 2.84 bits per heavy atom. The van der Waals surface area contributed by atoms with Crippen molar-refractivity contribution in [2.24, 2.45) is 0 Å². The summed E-state index contributed by atoms with van der Waals surface area (Å²) in [5.74, 6) is -0.383. The fourth-order valence-corrected chi connectivity index (χ4v) is 3.11. The lowest BCUT2D eigenvalue weighted by Crippen LogP contribution is -2.33. The number of halogens is 1. The Hall–Kier alpha value is -2.82. The predicted molar refractivity (Wildman–Crippen MR) is 93.6 cm³/mol. The lowest BCUT2D eigenvalue weighted by molar-refractivity contribution is 0.0731. The van der Waals surface area contributed by atoms with Gasteiger partial charge in [0.1, 0.15) is 5.82 Å². The molecule has 126 valence electrons. The van der Waals surface area contributed by atoms with Gasteiger partial charge in [0.2, 0.25) is 0 Å². The number of rotatable bonds is 4. The number of amides is 1. The van der Waals surface area contributed by atoms with Crippen LogP contribution in [0.5, 0.6) is 0 Å². The molecule has 1 fully saturated rings. The smallest absolute Gasteiger partial charge is 0.255 e. The summed E-state index contributed by atoms with van der Waals surface area (Å²) in [6.07, 6.45) is 5.54. The average Bonchev–Trinajstić information content (AvgIpc) is 3.44. The van der Waals surface area contributed by atoms with Crippen LogP contribution in [-0.4, -0.2) is 26.8 Å². The summed E-state index contributed by atoms with van der Waals surface area (Å²) in [6, 6.07) is 10.3. The molecule has 0 aliphatic heterocycles. The Morgan fingerprint density at radius 1 is 1.28 bits per heavy atom. The molecule has 4 rings (SSSR count). The van der Waals surface area contributed by atoms with Crippen LogP contribution < -0.4 is 0 Å². The van der Waals surface area contributed by atoms with Crippen molar-refractivity contribution in [2.45, 2.75) is 32.4 Å². The van der Waals surface area contributed by atoms with Crippen molar-refractivity contribution in [1.29, 1.82) is 0 Å². The number of carbonyl (C=O) groups excluding carboxylic acids is 1. The van der Waals surface area contributed by atoms with Crippen molar-refractivity contribution in [3.05, 3.63) is 71.4 Å². The van der Waals surface area contributed by atoms with Crippen molar-refractivity contribution >= 4 is 16.8 Å². The number of nitrogens with zero attached hydrogens (tertiary/aromatic N) is 3. The van der Waals surface area contributed by atoms with Gasteiger partial charge in [-0.25, -0.2) is 4.39 Å². The van der Waals surface area contributed by atoms with Crippen molar-refractivity contribution < 1.29 is 9.18 Å². The molecule has 0 saturated heterocycles. The lowest BCUT2D eigenvalue weighted by atomic mass is 10.1. The van der Waals surface area contributed by atoms with Crippen LogP contribution in [0.15, 0.2) is 48.8 Å². The second-order valence-corrected chi connectivity index (χ2v) is 6.50. The highest BCUT2D eigenvalue weighted by Gasteiger charge is 2.33. The predicted octanol–water partition coefficient (Wildman–Crippen LogP) is 3.88. The van der Waals surface area contributed by atoms with Crippen LogP contribution in [0.2, 0.25) is 0 Å². The molecule has 0 unspecified atom stereocenters. The van der Waals surface area contributed by atoms with Crippen molar-refractivity contribution in [3.63, 3.8) is 0 Å². The summed E-state index contributed by atoms with van der Waals surface area (Å²) in [5, 5.41) is 0.689. The molecular formula is C20H18FN3O. The van der Waals surface area contributed by atoms with Crippen LogP contribution in [-0.2, 0) is 6.54 Å². The van der Waals surface area contributed by atoms with Gasteiger partial charge in [0.05, 0.1) is 11.1 Å². The number of aryl methyl sites for hydroxylation is 1. The first kappa shape index (κ1) is 15.7. The van der Waals surface area contributed by atoms with Gasteiger partial charge in [-0.2, -0.15) is 0 Å². The van der Waals surface area contributed by atoms with Crippen LogP contribution in [0.1, 0.15) is 34.5 Å². The first-order valence-electron chi connectivity index (χ1n) is 8.38. The third kappa shape index (κ3) is 3.22. The summed E-state index contributed by atoms with van der Waals surface area (Å²) < 4.78 is 13.5. The zero-order valence-corrected chi connectivity index (χ0v) is 13.9. The Morgan fingerprint density at radius 2 is 2.12 bits per heavy atom. The minimum atomic E-state index is -0.349. The molecule has 1 saturated carbocycles. The van der Waals surface area contributed by atoms with Crippen molar-refractivity contribution in [1.82, 2.24) is 14.9 Å². The number of benzene rings is 1. The summed E-state index contributed by atoms with van der Waals surface area (Å²) in [7, 11) is 0. The van der Waals surface area contributed by atoms with Gasteiger partial charge >= 0.3 is 0 Å². The minimum Gasteiger partial charge on any atom is -0.331 e. The Balaban J connectivity index is 1.74. The number of fused-ring (bicyclic) bond motifs is 1. The second kappa shape index (κ2) is 6.24. The standard InChI is InChI=1S/C20H18FN3O/c1-13-9-18(17-7-4-15(21)10-19(17)23-13)20(25)24(16-5-6-16)12-14-3-2-8-22-11-14/h2-4,7-11,16H,5-6,12H2,1H3. The number of carbonyl (C=O) groups is 1. The lowest BCUT2D eigenvalue weighted by Gasteiger charge is -2.23. The van der Waals surface area contributed by atoms with Gasteiger partial charge in [-0.3, -0.25) is 14.8 Å². The monoisotopic (exact) mass is 335 g/mol. The van der Waals surface area contributed by atoms with E-state index in [1.807, 2.05) is 24.0 Å². The quantitative estimate of drug-likeness (QED) is 0.727. The van der Waals surface area contributed by atoms with Crippen LogP contribution in [0.25, 0.3) is 10.9 Å². The van der Waals surface area contributed by atoms with Gasteiger partial charge in [0.25, 0.3) is 5.91 Å². The molecule has 0 N–H and O–H groups in total. The van der Waals surface area contributed by atoms with Gasteiger partial charge in [0, 0.05) is 42.1 Å². The van der Waals surface area contributed by atoms with E-state index in [-0.39, 0.29) is 17.8 Å². The molecule has 1 amide bonds.